The van der Waals surface area contributed by atoms with Crippen LogP contribution >= 0.6 is 11.6 Å². The highest BCUT2D eigenvalue weighted by Crippen LogP contribution is 2.28. The Morgan fingerprint density at radius 2 is 2.00 bits per heavy atom. The lowest BCUT2D eigenvalue weighted by molar-refractivity contribution is -0.384. The lowest BCUT2D eigenvalue weighted by atomic mass is 10.1. The van der Waals surface area contributed by atoms with Crippen molar-refractivity contribution in [1.82, 2.24) is 4.90 Å². The molecule has 8 heteroatoms. The number of nitrogens with zero attached hydrogens (tertiary/aromatic N) is 2. The highest BCUT2D eigenvalue weighted by Gasteiger charge is 2.34. The van der Waals surface area contributed by atoms with E-state index in [0.29, 0.717) is 13.1 Å². The van der Waals surface area contributed by atoms with Gasteiger partial charge < -0.3 is 10.2 Å². The molecular weight excluding hydrogens is 358 g/mol. The number of nitrogens with one attached hydrogen (secondary N) is 1. The molecule has 0 spiro atoms. The molecule has 0 unspecified atom stereocenters. The number of carbonyl (C=O) groups is 2. The number of rotatable bonds is 5. The minimum atomic E-state index is -0.612. The van der Waals surface area contributed by atoms with Crippen LogP contribution in [0.1, 0.15) is 12.0 Å². The van der Waals surface area contributed by atoms with E-state index in [-0.39, 0.29) is 34.6 Å². The van der Waals surface area contributed by atoms with Crippen molar-refractivity contribution in [1.29, 1.82) is 0 Å². The van der Waals surface area contributed by atoms with Crippen LogP contribution in [0.4, 0.5) is 11.4 Å². The molecule has 1 heterocycles. The van der Waals surface area contributed by atoms with Gasteiger partial charge in [0.15, 0.2) is 0 Å². The van der Waals surface area contributed by atoms with Crippen LogP contribution in [0.15, 0.2) is 48.5 Å². The van der Waals surface area contributed by atoms with Gasteiger partial charge in [-0.2, -0.15) is 0 Å². The monoisotopic (exact) mass is 373 g/mol. The molecular formula is C18H16ClN3O4. The third-order valence-corrected chi connectivity index (χ3v) is 4.53. The zero-order chi connectivity index (χ0) is 18.7. The average Bonchev–Trinajstić information content (AvgIpc) is 2.98. The molecule has 1 N–H and O–H groups in total. The first-order valence-electron chi connectivity index (χ1n) is 8.00. The molecule has 0 aromatic heterocycles. The van der Waals surface area contributed by atoms with E-state index in [9.17, 15) is 19.7 Å². The number of hydrogen-bond acceptors (Lipinski definition) is 4. The fourth-order valence-electron chi connectivity index (χ4n) is 2.88. The predicted octanol–water partition coefficient (Wildman–Crippen LogP) is 3.24. The van der Waals surface area contributed by atoms with Gasteiger partial charge >= 0.3 is 0 Å². The molecule has 1 saturated heterocycles. The summed E-state index contributed by atoms with van der Waals surface area (Å²) in [6, 6.07) is 13.6. The van der Waals surface area contributed by atoms with Gasteiger partial charge in [-0.15, -0.1) is 0 Å². The van der Waals surface area contributed by atoms with Crippen molar-refractivity contribution in [3.63, 3.8) is 0 Å². The lowest BCUT2D eigenvalue weighted by Gasteiger charge is -2.16. The molecule has 2 aromatic rings. The van der Waals surface area contributed by atoms with E-state index in [1.54, 1.807) is 4.90 Å². The Labute approximate surface area is 154 Å². The van der Waals surface area contributed by atoms with Gasteiger partial charge in [0.05, 0.1) is 10.8 Å². The summed E-state index contributed by atoms with van der Waals surface area (Å²) in [5.74, 6) is -0.928. The molecule has 1 fully saturated rings. The highest BCUT2D eigenvalue weighted by atomic mass is 35.5. The van der Waals surface area contributed by atoms with Crippen molar-refractivity contribution in [2.45, 2.75) is 13.0 Å². The predicted molar refractivity (Wildman–Crippen MR) is 96.7 cm³/mol. The normalized spacial score (nSPS) is 16.6. The maximum absolute atomic E-state index is 12.4. The molecule has 0 aliphatic carbocycles. The number of hydrogen-bond donors (Lipinski definition) is 1. The number of amides is 2. The van der Waals surface area contributed by atoms with Crippen LogP contribution in [0.3, 0.4) is 0 Å². The maximum atomic E-state index is 12.4. The number of anilines is 1. The molecule has 1 aliphatic rings. The Morgan fingerprint density at radius 3 is 2.69 bits per heavy atom. The minimum absolute atomic E-state index is 0.00178. The number of halogens is 1. The second-order valence-electron chi connectivity index (χ2n) is 6.07. The summed E-state index contributed by atoms with van der Waals surface area (Å²) in [5, 5.41) is 13.6. The number of nitro benzene ring substituents is 1. The zero-order valence-corrected chi connectivity index (χ0v) is 14.5. The van der Waals surface area contributed by atoms with Crippen LogP contribution in [0.25, 0.3) is 0 Å². The Balaban J connectivity index is 1.65. The third kappa shape index (κ3) is 4.00. The minimum Gasteiger partial charge on any atom is -0.338 e. The second-order valence-corrected chi connectivity index (χ2v) is 6.48. The molecule has 26 heavy (non-hydrogen) atoms. The van der Waals surface area contributed by atoms with Gasteiger partial charge in [-0.25, -0.2) is 0 Å². The number of benzene rings is 2. The number of likely N-dealkylation sites (tertiary alicyclic amines) is 1. The Hall–Kier alpha value is -2.93. The average molecular weight is 374 g/mol. The lowest BCUT2D eigenvalue weighted by Crippen LogP contribution is -2.28. The van der Waals surface area contributed by atoms with Gasteiger partial charge in [0.1, 0.15) is 5.02 Å². The fourth-order valence-corrected chi connectivity index (χ4v) is 3.07. The van der Waals surface area contributed by atoms with E-state index in [1.807, 2.05) is 30.3 Å². The third-order valence-electron chi connectivity index (χ3n) is 4.21. The molecule has 3 rings (SSSR count). The number of nitro groups is 1. The fraction of sp³-hybridized carbons (Fsp3) is 0.222. The number of carbonyl (C=O) groups excluding carboxylic acids is 2. The largest absolute Gasteiger partial charge is 0.338 e. The van der Waals surface area contributed by atoms with Gasteiger partial charge in [0, 0.05) is 31.3 Å². The van der Waals surface area contributed by atoms with Gasteiger partial charge in [-0.3, -0.25) is 19.7 Å². The molecule has 7 nitrogen and oxygen atoms in total. The van der Waals surface area contributed by atoms with E-state index in [4.69, 9.17) is 11.6 Å². The molecule has 2 aromatic carbocycles. The smallest absolute Gasteiger partial charge is 0.289 e. The van der Waals surface area contributed by atoms with Crippen molar-refractivity contribution in [3.8, 4) is 0 Å². The quantitative estimate of drug-likeness (QED) is 0.643. The van der Waals surface area contributed by atoms with Gasteiger partial charge in [0.25, 0.3) is 5.69 Å². The van der Waals surface area contributed by atoms with E-state index < -0.39 is 10.8 Å². The Kier molecular flexibility index (Phi) is 5.18. The van der Waals surface area contributed by atoms with Crippen molar-refractivity contribution >= 4 is 34.8 Å². The highest BCUT2D eigenvalue weighted by molar-refractivity contribution is 6.32. The van der Waals surface area contributed by atoms with Crippen LogP contribution in [0, 0.1) is 16.0 Å². The van der Waals surface area contributed by atoms with Crippen LogP contribution < -0.4 is 5.32 Å². The topological polar surface area (TPSA) is 92.5 Å². The summed E-state index contributed by atoms with van der Waals surface area (Å²) in [7, 11) is 0. The molecule has 1 aliphatic heterocycles. The summed E-state index contributed by atoms with van der Waals surface area (Å²) in [4.78, 5) is 36.6. The molecule has 1 atom stereocenters. The van der Waals surface area contributed by atoms with Crippen LogP contribution in [0.2, 0.25) is 5.02 Å². The van der Waals surface area contributed by atoms with Crippen molar-refractivity contribution < 1.29 is 14.5 Å². The summed E-state index contributed by atoms with van der Waals surface area (Å²) in [6.07, 6.45) is 0.119. The van der Waals surface area contributed by atoms with Crippen LogP contribution in [0.5, 0.6) is 0 Å². The van der Waals surface area contributed by atoms with Crippen molar-refractivity contribution in [2.75, 3.05) is 11.9 Å². The molecule has 0 bridgehead atoms. The summed E-state index contributed by atoms with van der Waals surface area (Å²) >= 11 is 5.76. The van der Waals surface area contributed by atoms with Crippen LogP contribution in [-0.4, -0.2) is 28.2 Å². The SMILES string of the molecule is O=C(Nc1ccc(Cl)c([N+](=O)[O-])c1)[C@@H]1CC(=O)N(Cc2ccccc2)C1. The second kappa shape index (κ2) is 7.53. The van der Waals surface area contributed by atoms with E-state index in [2.05, 4.69) is 5.32 Å². The van der Waals surface area contributed by atoms with E-state index >= 15 is 0 Å². The summed E-state index contributed by atoms with van der Waals surface area (Å²) < 4.78 is 0. The van der Waals surface area contributed by atoms with Gasteiger partial charge in [-0.1, -0.05) is 41.9 Å². The first kappa shape index (κ1) is 17.9. The first-order valence-corrected chi connectivity index (χ1v) is 8.38. The van der Waals surface area contributed by atoms with Gasteiger partial charge in [-0.05, 0) is 17.7 Å². The van der Waals surface area contributed by atoms with Crippen LogP contribution in [-0.2, 0) is 16.1 Å². The zero-order valence-electron chi connectivity index (χ0n) is 13.7. The molecule has 0 saturated carbocycles. The molecule has 134 valence electrons. The van der Waals surface area contributed by atoms with Crippen molar-refractivity contribution in [3.05, 3.63) is 69.2 Å². The van der Waals surface area contributed by atoms with E-state index in [0.717, 1.165) is 5.56 Å². The maximum Gasteiger partial charge on any atom is 0.289 e. The Bertz CT molecular complexity index is 857. The Morgan fingerprint density at radius 1 is 1.27 bits per heavy atom. The summed E-state index contributed by atoms with van der Waals surface area (Å²) in [6.45, 7) is 0.769. The van der Waals surface area contributed by atoms with Crippen molar-refractivity contribution in [2.24, 2.45) is 5.92 Å². The molecule has 2 amide bonds. The summed E-state index contributed by atoms with van der Waals surface area (Å²) in [5.41, 5.74) is 0.993. The standard InChI is InChI=1S/C18H16ClN3O4/c19-15-7-6-14(9-16(15)22(25)26)20-18(24)13-8-17(23)21(11-13)10-12-4-2-1-3-5-12/h1-7,9,13H,8,10-11H2,(H,20,24)/t13-/m1/s1. The molecule has 0 radical (unpaired) electrons. The van der Waals surface area contributed by atoms with Gasteiger partial charge in [0.2, 0.25) is 11.8 Å². The van der Waals surface area contributed by atoms with E-state index in [1.165, 1.54) is 18.2 Å². The first-order chi connectivity index (χ1) is 12.4.